The van der Waals surface area contributed by atoms with Crippen molar-refractivity contribution in [1.82, 2.24) is 4.57 Å². The van der Waals surface area contributed by atoms with E-state index in [0.717, 1.165) is 33.8 Å². The van der Waals surface area contributed by atoms with Crippen LogP contribution >= 0.6 is 0 Å². The average molecular weight is 927 g/mol. The van der Waals surface area contributed by atoms with Crippen LogP contribution in [0.5, 0.6) is 0 Å². The molecule has 2 heteroatoms. The number of benzene rings is 12. The molecule has 2 heterocycles. The predicted molar refractivity (Wildman–Crippen MR) is 306 cm³/mol. The maximum Gasteiger partial charge on any atom is 0.0754 e. The van der Waals surface area contributed by atoms with Crippen LogP contribution in [-0.4, -0.2) is 4.57 Å². The van der Waals surface area contributed by atoms with Crippen molar-refractivity contribution in [2.45, 2.75) is 5.41 Å². The fraction of sp³-hybridized carbons (Fsp3) is 0.0141. The van der Waals surface area contributed by atoms with Crippen molar-refractivity contribution in [2.75, 3.05) is 4.90 Å². The molecule has 2 nitrogen and oxygen atoms in total. The zero-order valence-electron chi connectivity index (χ0n) is 40.0. The molecule has 0 fully saturated rings. The summed E-state index contributed by atoms with van der Waals surface area (Å²) in [5, 5.41) is 4.93. The minimum atomic E-state index is -0.544. The number of nitrogens with zero attached hydrogens (tertiary/aromatic N) is 2. The van der Waals surface area contributed by atoms with Crippen LogP contribution in [0.4, 0.5) is 17.1 Å². The third kappa shape index (κ3) is 6.05. The van der Waals surface area contributed by atoms with Gasteiger partial charge in [-0.2, -0.15) is 0 Å². The van der Waals surface area contributed by atoms with Crippen LogP contribution in [0.25, 0.3) is 93.9 Å². The van der Waals surface area contributed by atoms with Crippen LogP contribution in [0.1, 0.15) is 22.3 Å². The standard InChI is InChI=1S/C71H46N2/c1-3-21-47(22-4-1)49-25-19-26-50(45-49)54-28-11-16-38-66(54)72(65-37-15-10-27-53(65)48-23-5-2-6-24-48)68-44-43-52(55-29-7-8-31-58(55)68)51-41-42-57-56-30-9-13-34-61(56)71(64(57)46-51)62-35-14-18-40-69(62)73-67-39-17-12-32-59(67)60-33-20-36-63(71)70(60)73/h1-46H. The highest BCUT2D eigenvalue weighted by molar-refractivity contribution is 6.13. The Balaban J connectivity index is 0.963. The minimum absolute atomic E-state index is 0.544. The van der Waals surface area contributed by atoms with Gasteiger partial charge in [-0.05, 0) is 115 Å². The number of para-hydroxylation sites is 5. The summed E-state index contributed by atoms with van der Waals surface area (Å²) in [5.41, 5.74) is 23.8. The highest BCUT2D eigenvalue weighted by atomic mass is 15.1. The Bertz CT molecular complexity index is 4330. The van der Waals surface area contributed by atoms with E-state index in [1.165, 1.54) is 99.5 Å². The van der Waals surface area contributed by atoms with Gasteiger partial charge in [0.15, 0.2) is 0 Å². The van der Waals surface area contributed by atoms with Gasteiger partial charge in [0.2, 0.25) is 0 Å². The number of hydrogen-bond acceptors (Lipinski definition) is 1. The quantitative estimate of drug-likeness (QED) is 0.155. The van der Waals surface area contributed by atoms with E-state index in [-0.39, 0.29) is 0 Å². The van der Waals surface area contributed by atoms with Gasteiger partial charge in [0.05, 0.1) is 39.2 Å². The van der Waals surface area contributed by atoms with Crippen LogP contribution < -0.4 is 4.90 Å². The maximum atomic E-state index is 2.53. The maximum absolute atomic E-state index is 2.53. The number of anilines is 3. The van der Waals surface area contributed by atoms with Crippen molar-refractivity contribution in [2.24, 2.45) is 0 Å². The van der Waals surface area contributed by atoms with Crippen molar-refractivity contribution in [3.8, 4) is 61.3 Å². The first kappa shape index (κ1) is 41.3. The van der Waals surface area contributed by atoms with Crippen molar-refractivity contribution in [1.29, 1.82) is 0 Å². The van der Waals surface area contributed by atoms with E-state index in [1.807, 2.05) is 0 Å². The summed E-state index contributed by atoms with van der Waals surface area (Å²) < 4.78 is 2.52. The Hall–Kier alpha value is -9.50. The predicted octanol–water partition coefficient (Wildman–Crippen LogP) is 18.8. The summed E-state index contributed by atoms with van der Waals surface area (Å²) in [5.74, 6) is 0. The van der Waals surface area contributed by atoms with E-state index in [4.69, 9.17) is 0 Å². The monoisotopic (exact) mass is 926 g/mol. The second-order valence-corrected chi connectivity index (χ2v) is 19.5. The summed E-state index contributed by atoms with van der Waals surface area (Å²) >= 11 is 0. The van der Waals surface area contributed by atoms with Crippen molar-refractivity contribution >= 4 is 49.6 Å². The van der Waals surface area contributed by atoms with Crippen molar-refractivity contribution in [3.05, 3.63) is 301 Å². The second kappa shape index (κ2) is 16.3. The number of aromatic nitrogens is 1. The number of rotatable bonds is 7. The Labute approximate surface area is 425 Å². The van der Waals surface area contributed by atoms with Gasteiger partial charge in [-0.25, -0.2) is 0 Å². The molecule has 1 aromatic heterocycles. The first-order chi connectivity index (χ1) is 36.3. The molecule has 1 aliphatic carbocycles. The summed E-state index contributed by atoms with van der Waals surface area (Å²) in [6, 6.07) is 103. The van der Waals surface area contributed by atoms with Gasteiger partial charge in [-0.3, -0.25) is 0 Å². The molecule has 0 saturated carbocycles. The third-order valence-corrected chi connectivity index (χ3v) is 15.8. The zero-order valence-corrected chi connectivity index (χ0v) is 40.0. The molecule has 0 bridgehead atoms. The van der Waals surface area contributed by atoms with Gasteiger partial charge >= 0.3 is 0 Å². The van der Waals surface area contributed by atoms with Gasteiger partial charge in [-0.1, -0.05) is 237 Å². The van der Waals surface area contributed by atoms with Gasteiger partial charge in [-0.15, -0.1) is 0 Å². The van der Waals surface area contributed by atoms with E-state index in [0.29, 0.717) is 0 Å². The molecule has 15 rings (SSSR count). The highest BCUT2D eigenvalue weighted by Crippen LogP contribution is 2.62. The molecule has 0 radical (unpaired) electrons. The molecule has 73 heavy (non-hydrogen) atoms. The second-order valence-electron chi connectivity index (χ2n) is 19.5. The van der Waals surface area contributed by atoms with E-state index in [9.17, 15) is 0 Å². The first-order valence-corrected chi connectivity index (χ1v) is 25.3. The Morgan fingerprint density at radius 3 is 1.58 bits per heavy atom. The zero-order chi connectivity index (χ0) is 48.0. The lowest BCUT2D eigenvalue weighted by Gasteiger charge is -2.39. The number of hydrogen-bond donors (Lipinski definition) is 0. The molecule has 1 atom stereocenters. The topological polar surface area (TPSA) is 8.17 Å². The SMILES string of the molecule is c1ccc(-c2cccc(-c3ccccc3N(c3ccccc3-c3ccccc3)c3ccc(-c4ccc5c(c4)C4(c6ccccc6-5)c5ccccc5-n5c6ccccc6c6cccc4c65)c4ccccc34)c2)cc1. The molecule has 1 aliphatic heterocycles. The van der Waals surface area contributed by atoms with E-state index < -0.39 is 5.41 Å². The lowest BCUT2D eigenvalue weighted by molar-refractivity contribution is 0.749. The lowest BCUT2D eigenvalue weighted by Crippen LogP contribution is -2.33. The normalized spacial score (nSPS) is 14.1. The molecule has 0 saturated heterocycles. The molecule has 13 aromatic rings. The molecular formula is C71H46N2. The first-order valence-electron chi connectivity index (χ1n) is 25.3. The molecule has 1 unspecified atom stereocenters. The smallest absolute Gasteiger partial charge is 0.0754 e. The average Bonchev–Trinajstić information content (AvgIpc) is 3.96. The lowest BCUT2D eigenvalue weighted by atomic mass is 9.65. The van der Waals surface area contributed by atoms with Gasteiger partial charge in [0.25, 0.3) is 0 Å². The highest BCUT2D eigenvalue weighted by Gasteiger charge is 2.51. The van der Waals surface area contributed by atoms with Crippen LogP contribution in [0.3, 0.4) is 0 Å². The van der Waals surface area contributed by atoms with Crippen molar-refractivity contribution < 1.29 is 0 Å². The Kier molecular flexibility index (Phi) is 9.21. The molecule has 0 N–H and O–H groups in total. The van der Waals surface area contributed by atoms with Gasteiger partial charge in [0, 0.05) is 27.3 Å². The molecule has 340 valence electrons. The summed E-state index contributed by atoms with van der Waals surface area (Å²) in [4.78, 5) is 2.51. The molecule has 2 aliphatic rings. The van der Waals surface area contributed by atoms with Crippen LogP contribution in [0, 0.1) is 0 Å². The summed E-state index contributed by atoms with van der Waals surface area (Å²) in [6.45, 7) is 0. The number of fused-ring (bicyclic) bond motifs is 13. The molecular weight excluding hydrogens is 881 g/mol. The third-order valence-electron chi connectivity index (χ3n) is 15.8. The van der Waals surface area contributed by atoms with E-state index in [1.54, 1.807) is 0 Å². The van der Waals surface area contributed by atoms with Crippen LogP contribution in [0.2, 0.25) is 0 Å². The Morgan fingerprint density at radius 2 is 0.781 bits per heavy atom. The molecule has 1 spiro atoms. The van der Waals surface area contributed by atoms with Gasteiger partial charge < -0.3 is 9.47 Å². The molecule has 0 amide bonds. The van der Waals surface area contributed by atoms with Crippen LogP contribution in [-0.2, 0) is 5.41 Å². The summed E-state index contributed by atoms with van der Waals surface area (Å²) in [7, 11) is 0. The fourth-order valence-electron chi connectivity index (χ4n) is 12.8. The van der Waals surface area contributed by atoms with Crippen molar-refractivity contribution in [3.63, 3.8) is 0 Å². The molecule has 12 aromatic carbocycles. The van der Waals surface area contributed by atoms with E-state index in [2.05, 4.69) is 289 Å². The Morgan fingerprint density at radius 1 is 0.260 bits per heavy atom. The summed E-state index contributed by atoms with van der Waals surface area (Å²) in [6.07, 6.45) is 0. The largest absolute Gasteiger partial charge is 0.309 e. The van der Waals surface area contributed by atoms with Gasteiger partial charge in [0.1, 0.15) is 0 Å². The minimum Gasteiger partial charge on any atom is -0.309 e. The van der Waals surface area contributed by atoms with Crippen LogP contribution in [0.15, 0.2) is 279 Å². The fourth-order valence-corrected chi connectivity index (χ4v) is 12.8. The van der Waals surface area contributed by atoms with E-state index >= 15 is 0 Å².